The molecule has 1 atom stereocenters. The first-order valence-corrected chi connectivity index (χ1v) is 3.33. The first kappa shape index (κ1) is 14.9. The van der Waals surface area contributed by atoms with Gasteiger partial charge in [0.05, 0.1) is 0 Å². The molecule has 0 spiro atoms. The van der Waals surface area contributed by atoms with Crippen LogP contribution in [0.4, 0.5) is 0 Å². The molecule has 0 aliphatic rings. The number of hydrogen-bond donors (Lipinski definition) is 0. The van der Waals surface area contributed by atoms with Gasteiger partial charge in [-0.25, -0.2) is 0 Å². The van der Waals surface area contributed by atoms with Crippen molar-refractivity contribution in [3.05, 3.63) is 35.9 Å². The summed E-state index contributed by atoms with van der Waals surface area (Å²) in [5.41, 5.74) is 1.17. The van der Waals surface area contributed by atoms with Gasteiger partial charge in [-0.15, -0.1) is 5.56 Å². The Bertz CT molecular complexity index is 191. The zero-order valence-electron chi connectivity index (χ0n) is 7.38. The Balaban J connectivity index is 0. The maximum Gasteiger partial charge on any atom is 2.00 e. The largest absolute Gasteiger partial charge is 2.00 e. The van der Waals surface area contributed by atoms with Crippen LogP contribution in [0.25, 0.3) is 0 Å². The molecule has 0 aromatic heterocycles. The van der Waals surface area contributed by atoms with Crippen molar-refractivity contribution < 1.29 is 21.7 Å². The van der Waals surface area contributed by atoms with E-state index in [4.69, 9.17) is 4.74 Å². The fourth-order valence-corrected chi connectivity index (χ4v) is 0.796. The van der Waals surface area contributed by atoms with Crippen molar-refractivity contribution in [2.45, 2.75) is 13.0 Å². The van der Waals surface area contributed by atoms with Crippen LogP contribution in [-0.4, -0.2) is 30.2 Å². The molecule has 1 aromatic carbocycles. The van der Waals surface area contributed by atoms with E-state index in [9.17, 15) is 0 Å². The quantitative estimate of drug-likeness (QED) is 0.466. The van der Waals surface area contributed by atoms with E-state index in [1.807, 2.05) is 31.2 Å². The van der Waals surface area contributed by atoms with Crippen molar-refractivity contribution in [1.29, 1.82) is 0 Å². The zero-order valence-corrected chi connectivity index (χ0v) is 10.4. The molecular weight excluding hydrogens is 228 g/mol. The molecule has 0 saturated heterocycles. The Morgan fingerprint density at radius 2 is 2.17 bits per heavy atom. The molecule has 0 radical (unpaired) electrons. The van der Waals surface area contributed by atoms with E-state index >= 15 is 0 Å². The summed E-state index contributed by atoms with van der Waals surface area (Å²) in [6.45, 7) is 2.02. The first-order valence-electron chi connectivity index (χ1n) is 3.33. The molecule has 0 heterocycles. The monoisotopic (exact) mass is 238 g/mol. The maximum absolute atomic E-state index is 5.12. The van der Waals surface area contributed by atoms with Crippen LogP contribution in [-0.2, 0) is 4.74 Å². The second-order valence-corrected chi connectivity index (χ2v) is 2.21. The van der Waals surface area contributed by atoms with Crippen molar-refractivity contribution in [1.82, 2.24) is 0 Å². The molecule has 0 fully saturated rings. The number of hydrogen-bond acceptors (Lipinski definition) is 1. The van der Waals surface area contributed by atoms with Gasteiger partial charge in [0, 0.05) is 13.2 Å². The topological polar surface area (TPSA) is 9.23 Å². The molecule has 3 heteroatoms. The Morgan fingerprint density at radius 1 is 1.50 bits per heavy atom. The second-order valence-electron chi connectivity index (χ2n) is 2.21. The van der Waals surface area contributed by atoms with E-state index in [0.29, 0.717) is 0 Å². The predicted molar refractivity (Wildman–Crippen MR) is 46.5 cm³/mol. The second kappa shape index (κ2) is 8.04. The molecular formula is C9H11BrMgO. The van der Waals surface area contributed by atoms with E-state index in [1.54, 1.807) is 7.11 Å². The normalized spacial score (nSPS) is 10.8. The van der Waals surface area contributed by atoms with E-state index in [2.05, 4.69) is 6.07 Å². The van der Waals surface area contributed by atoms with E-state index < -0.39 is 0 Å². The third-order valence-electron chi connectivity index (χ3n) is 1.55. The minimum absolute atomic E-state index is 0. The van der Waals surface area contributed by atoms with Crippen molar-refractivity contribution in [3.63, 3.8) is 0 Å². The summed E-state index contributed by atoms with van der Waals surface area (Å²) in [6, 6.07) is 10.8. The van der Waals surface area contributed by atoms with Gasteiger partial charge < -0.3 is 21.7 Å². The molecule has 0 saturated carbocycles. The summed E-state index contributed by atoms with van der Waals surface area (Å²) >= 11 is 0. The van der Waals surface area contributed by atoms with Crippen molar-refractivity contribution in [3.8, 4) is 0 Å². The van der Waals surface area contributed by atoms with Gasteiger partial charge in [0.15, 0.2) is 0 Å². The predicted octanol–water partition coefficient (Wildman–Crippen LogP) is -1.18. The summed E-state index contributed by atoms with van der Waals surface area (Å²) < 4.78 is 5.12. The van der Waals surface area contributed by atoms with Gasteiger partial charge in [-0.3, -0.25) is 0 Å². The Labute approximate surface area is 100 Å². The van der Waals surface area contributed by atoms with Crippen LogP contribution in [0, 0.1) is 6.07 Å². The van der Waals surface area contributed by atoms with Gasteiger partial charge in [0.1, 0.15) is 0 Å². The Kier molecular flexibility index (Phi) is 10.0. The number of benzene rings is 1. The smallest absolute Gasteiger partial charge is 1.00 e. The van der Waals surface area contributed by atoms with Gasteiger partial charge in [-0.05, 0) is 6.92 Å². The summed E-state index contributed by atoms with van der Waals surface area (Å²) in [5, 5.41) is 0. The fraction of sp³-hybridized carbons (Fsp3) is 0.333. The standard InChI is InChI=1S/C9H11O.BrH.Mg/c1-8(10-2)9-6-4-3-5-7-9;;/h3-4,6-8H,1-2H3;1H;/q-1;;+2/p-1/t8-;;/m1../s1. The fourth-order valence-electron chi connectivity index (χ4n) is 0.796. The molecule has 0 bridgehead atoms. The van der Waals surface area contributed by atoms with Gasteiger partial charge in [0.2, 0.25) is 0 Å². The molecule has 1 nitrogen and oxygen atoms in total. The van der Waals surface area contributed by atoms with E-state index in [-0.39, 0.29) is 46.1 Å². The minimum atomic E-state index is 0. The molecule has 1 aromatic rings. The summed E-state index contributed by atoms with van der Waals surface area (Å²) in [7, 11) is 1.71. The number of rotatable bonds is 2. The van der Waals surface area contributed by atoms with Crippen molar-refractivity contribution >= 4 is 23.1 Å². The third-order valence-corrected chi connectivity index (χ3v) is 1.55. The number of halogens is 1. The molecule has 1 rings (SSSR count). The Hall–Kier alpha value is 0.426. The van der Waals surface area contributed by atoms with Crippen molar-refractivity contribution in [2.75, 3.05) is 7.11 Å². The average molecular weight is 239 g/mol. The first-order chi connectivity index (χ1) is 4.84. The van der Waals surface area contributed by atoms with Crippen molar-refractivity contribution in [2.24, 2.45) is 0 Å². The van der Waals surface area contributed by atoms with E-state index in [1.165, 1.54) is 5.56 Å². The summed E-state index contributed by atoms with van der Waals surface area (Å²) in [5.74, 6) is 0. The molecule has 0 unspecified atom stereocenters. The SMILES string of the molecule is CO[C@H](C)c1c[c-]ccc1.[Br-].[Mg+2]. The zero-order chi connectivity index (χ0) is 7.40. The van der Waals surface area contributed by atoms with Gasteiger partial charge in [0.25, 0.3) is 0 Å². The van der Waals surface area contributed by atoms with Gasteiger partial charge in [-0.1, -0.05) is 0 Å². The summed E-state index contributed by atoms with van der Waals surface area (Å²) in [6.07, 6.45) is 0.178. The molecule has 0 aliphatic carbocycles. The maximum atomic E-state index is 5.12. The van der Waals surface area contributed by atoms with Crippen LogP contribution in [0.2, 0.25) is 0 Å². The van der Waals surface area contributed by atoms with Gasteiger partial charge >= 0.3 is 23.1 Å². The van der Waals surface area contributed by atoms with E-state index in [0.717, 1.165) is 0 Å². The van der Waals surface area contributed by atoms with Crippen LogP contribution in [0.1, 0.15) is 18.6 Å². The van der Waals surface area contributed by atoms with Crippen LogP contribution in [0.3, 0.4) is 0 Å². The van der Waals surface area contributed by atoms with Crippen LogP contribution < -0.4 is 17.0 Å². The summed E-state index contributed by atoms with van der Waals surface area (Å²) in [4.78, 5) is 0. The molecule has 0 aliphatic heterocycles. The van der Waals surface area contributed by atoms with Crippen LogP contribution in [0.5, 0.6) is 0 Å². The van der Waals surface area contributed by atoms with Gasteiger partial charge in [-0.2, -0.15) is 30.3 Å². The minimum Gasteiger partial charge on any atom is -1.00 e. The van der Waals surface area contributed by atoms with Crippen LogP contribution in [0.15, 0.2) is 24.3 Å². The number of methoxy groups -OCH3 is 1. The molecule has 12 heavy (non-hydrogen) atoms. The molecule has 0 N–H and O–H groups in total. The average Bonchev–Trinajstić information content (AvgIpc) is 2.05. The van der Waals surface area contributed by atoms with Crippen LogP contribution >= 0.6 is 0 Å². The molecule has 62 valence electrons. The number of ether oxygens (including phenoxy) is 1. The third kappa shape index (κ3) is 4.45. The molecule has 0 amide bonds. The Morgan fingerprint density at radius 3 is 2.58 bits per heavy atom.